The molecule has 0 radical (unpaired) electrons. The predicted molar refractivity (Wildman–Crippen MR) is 73.9 cm³/mol. The lowest BCUT2D eigenvalue weighted by Gasteiger charge is -2.05. The minimum atomic E-state index is 0.195. The highest BCUT2D eigenvalue weighted by atomic mass is 35.5. The summed E-state index contributed by atoms with van der Waals surface area (Å²) < 4.78 is 0.820. The van der Waals surface area contributed by atoms with Crippen molar-refractivity contribution in [2.45, 2.75) is 13.0 Å². The molecule has 2 aromatic rings. The minimum absolute atomic E-state index is 0.195. The van der Waals surface area contributed by atoms with Crippen LogP contribution >= 0.6 is 22.9 Å². The predicted octanol–water partition coefficient (Wildman–Crippen LogP) is 3.55. The molecule has 0 unspecified atom stereocenters. The van der Waals surface area contributed by atoms with Crippen molar-refractivity contribution < 1.29 is 5.11 Å². The summed E-state index contributed by atoms with van der Waals surface area (Å²) in [5.74, 6) is 0. The molecule has 0 saturated heterocycles. The number of nitrogens with one attached hydrogen (secondary N) is 1. The van der Waals surface area contributed by atoms with Crippen molar-refractivity contribution in [2.75, 3.05) is 11.9 Å². The zero-order chi connectivity index (χ0) is 12.1. The van der Waals surface area contributed by atoms with Gasteiger partial charge < -0.3 is 10.4 Å². The second kappa shape index (κ2) is 6.05. The maximum absolute atomic E-state index is 8.82. The highest BCUT2D eigenvalue weighted by Crippen LogP contribution is 2.22. The summed E-state index contributed by atoms with van der Waals surface area (Å²) >= 11 is 7.45. The molecule has 90 valence electrons. The summed E-state index contributed by atoms with van der Waals surface area (Å²) in [6.45, 7) is 0.983. The van der Waals surface area contributed by atoms with Crippen LogP contribution in [0.3, 0.4) is 0 Å². The number of hydrogen-bond donors (Lipinski definition) is 2. The molecule has 2 rings (SSSR count). The first-order valence-electron chi connectivity index (χ1n) is 5.46. The molecular weight excluding hydrogens is 254 g/mol. The largest absolute Gasteiger partial charge is 0.396 e. The fourth-order valence-electron chi connectivity index (χ4n) is 1.55. The number of thiophene rings is 1. The Hall–Kier alpha value is -1.03. The summed E-state index contributed by atoms with van der Waals surface area (Å²) in [7, 11) is 0. The molecule has 0 amide bonds. The van der Waals surface area contributed by atoms with Crippen molar-refractivity contribution in [2.24, 2.45) is 0 Å². The van der Waals surface area contributed by atoms with E-state index in [1.54, 1.807) is 11.3 Å². The van der Waals surface area contributed by atoms with Gasteiger partial charge in [-0.2, -0.15) is 0 Å². The van der Waals surface area contributed by atoms with Gasteiger partial charge in [-0.15, -0.1) is 11.3 Å². The third kappa shape index (κ3) is 3.73. The van der Waals surface area contributed by atoms with Gasteiger partial charge in [0.2, 0.25) is 0 Å². The van der Waals surface area contributed by atoms with E-state index in [1.165, 1.54) is 4.88 Å². The molecule has 2 nitrogen and oxygen atoms in total. The van der Waals surface area contributed by atoms with Gasteiger partial charge in [-0.1, -0.05) is 23.7 Å². The topological polar surface area (TPSA) is 32.3 Å². The van der Waals surface area contributed by atoms with E-state index in [0.29, 0.717) is 6.42 Å². The van der Waals surface area contributed by atoms with Gasteiger partial charge in [-0.25, -0.2) is 0 Å². The third-order valence-corrected chi connectivity index (χ3v) is 3.68. The molecule has 0 aliphatic rings. The van der Waals surface area contributed by atoms with Gasteiger partial charge in [0.05, 0.1) is 4.34 Å². The molecule has 17 heavy (non-hydrogen) atoms. The third-order valence-electron chi connectivity index (χ3n) is 2.45. The lowest BCUT2D eigenvalue weighted by Crippen LogP contribution is -1.97. The van der Waals surface area contributed by atoms with Crippen LogP contribution in [0.5, 0.6) is 0 Å². The Kier molecular flexibility index (Phi) is 4.42. The van der Waals surface area contributed by atoms with Crippen LogP contribution in [0, 0.1) is 0 Å². The normalized spacial score (nSPS) is 10.5. The molecule has 0 bridgehead atoms. The quantitative estimate of drug-likeness (QED) is 0.868. The van der Waals surface area contributed by atoms with E-state index >= 15 is 0 Å². The van der Waals surface area contributed by atoms with Crippen LogP contribution in [0.4, 0.5) is 5.69 Å². The fraction of sp³-hybridized carbons (Fsp3) is 0.231. The first kappa shape index (κ1) is 12.4. The molecule has 0 aliphatic carbocycles. The molecule has 0 saturated carbocycles. The minimum Gasteiger partial charge on any atom is -0.396 e. The maximum Gasteiger partial charge on any atom is 0.0931 e. The number of halogens is 1. The van der Waals surface area contributed by atoms with E-state index in [-0.39, 0.29) is 6.61 Å². The summed E-state index contributed by atoms with van der Waals surface area (Å²) in [5.41, 5.74) is 2.23. The molecule has 1 aromatic heterocycles. The van der Waals surface area contributed by atoms with Crippen LogP contribution in [0.2, 0.25) is 4.34 Å². The average Bonchev–Trinajstić information content (AvgIpc) is 2.75. The van der Waals surface area contributed by atoms with Crippen molar-refractivity contribution in [3.05, 3.63) is 51.2 Å². The average molecular weight is 268 g/mol. The molecule has 1 heterocycles. The van der Waals surface area contributed by atoms with Crippen molar-refractivity contribution in [3.8, 4) is 0 Å². The van der Waals surface area contributed by atoms with E-state index in [9.17, 15) is 0 Å². The molecule has 0 spiro atoms. The summed E-state index contributed by atoms with van der Waals surface area (Å²) in [5, 5.41) is 12.1. The molecule has 0 atom stereocenters. The van der Waals surface area contributed by atoms with Crippen molar-refractivity contribution in [1.82, 2.24) is 0 Å². The Labute approximate surface area is 110 Å². The highest BCUT2D eigenvalue weighted by Gasteiger charge is 1.98. The summed E-state index contributed by atoms with van der Waals surface area (Å²) in [6.07, 6.45) is 0.709. The molecule has 1 aromatic carbocycles. The van der Waals surface area contributed by atoms with E-state index in [0.717, 1.165) is 22.1 Å². The monoisotopic (exact) mass is 267 g/mol. The van der Waals surface area contributed by atoms with Crippen molar-refractivity contribution in [3.63, 3.8) is 0 Å². The van der Waals surface area contributed by atoms with Gasteiger partial charge in [-0.05, 0) is 36.2 Å². The highest BCUT2D eigenvalue weighted by molar-refractivity contribution is 7.16. The maximum atomic E-state index is 8.82. The van der Waals surface area contributed by atoms with E-state index in [4.69, 9.17) is 16.7 Å². The van der Waals surface area contributed by atoms with E-state index in [2.05, 4.69) is 5.32 Å². The first-order chi connectivity index (χ1) is 8.28. The number of benzene rings is 1. The lowest BCUT2D eigenvalue weighted by atomic mass is 10.1. The standard InChI is InChI=1S/C13H14ClNOS/c14-13-6-5-12(17-13)9-15-11-3-1-10(2-4-11)7-8-16/h1-6,15-16H,7-9H2. The van der Waals surface area contributed by atoms with Gasteiger partial charge in [0.15, 0.2) is 0 Å². The number of hydrogen-bond acceptors (Lipinski definition) is 3. The van der Waals surface area contributed by atoms with Crippen LogP contribution < -0.4 is 5.32 Å². The molecule has 2 N–H and O–H groups in total. The van der Waals surface area contributed by atoms with Crippen molar-refractivity contribution >= 4 is 28.6 Å². The molecule has 0 aliphatic heterocycles. The summed E-state index contributed by atoms with van der Waals surface area (Å²) in [6, 6.07) is 12.0. The number of rotatable bonds is 5. The number of anilines is 1. The second-order valence-electron chi connectivity index (χ2n) is 3.73. The lowest BCUT2D eigenvalue weighted by molar-refractivity contribution is 0.299. The number of aliphatic hydroxyl groups is 1. The van der Waals surface area contributed by atoms with Crippen LogP contribution in [0.15, 0.2) is 36.4 Å². The SMILES string of the molecule is OCCc1ccc(NCc2ccc(Cl)s2)cc1. The Balaban J connectivity index is 1.90. The van der Waals surface area contributed by atoms with Crippen LogP contribution in [-0.2, 0) is 13.0 Å². The van der Waals surface area contributed by atoms with Gasteiger partial charge in [-0.3, -0.25) is 0 Å². The number of aliphatic hydroxyl groups excluding tert-OH is 1. The Morgan fingerprint density at radius 2 is 1.88 bits per heavy atom. The Morgan fingerprint density at radius 1 is 1.12 bits per heavy atom. The molecular formula is C13H14ClNOS. The van der Waals surface area contributed by atoms with Gasteiger partial charge in [0.25, 0.3) is 0 Å². The zero-order valence-electron chi connectivity index (χ0n) is 9.32. The van der Waals surface area contributed by atoms with Crippen LogP contribution in [0.25, 0.3) is 0 Å². The van der Waals surface area contributed by atoms with Gasteiger partial charge in [0, 0.05) is 23.7 Å². The molecule has 4 heteroatoms. The van der Waals surface area contributed by atoms with E-state index < -0.39 is 0 Å². The Morgan fingerprint density at radius 3 is 2.47 bits per heavy atom. The zero-order valence-corrected chi connectivity index (χ0v) is 10.9. The van der Waals surface area contributed by atoms with Gasteiger partial charge >= 0.3 is 0 Å². The second-order valence-corrected chi connectivity index (χ2v) is 5.53. The Bertz CT molecular complexity index is 467. The first-order valence-corrected chi connectivity index (χ1v) is 6.65. The van der Waals surface area contributed by atoms with Crippen LogP contribution in [-0.4, -0.2) is 11.7 Å². The van der Waals surface area contributed by atoms with Crippen molar-refractivity contribution in [1.29, 1.82) is 0 Å². The fourth-order valence-corrected chi connectivity index (χ4v) is 2.58. The molecule has 0 fully saturated rings. The smallest absolute Gasteiger partial charge is 0.0931 e. The van der Waals surface area contributed by atoms with Crippen LogP contribution in [0.1, 0.15) is 10.4 Å². The van der Waals surface area contributed by atoms with Gasteiger partial charge in [0.1, 0.15) is 0 Å². The van der Waals surface area contributed by atoms with E-state index in [1.807, 2.05) is 36.4 Å². The summed E-state index contributed by atoms with van der Waals surface area (Å²) in [4.78, 5) is 1.22.